The molecule has 3 rings (SSSR count). The van der Waals surface area contributed by atoms with E-state index in [2.05, 4.69) is 20.8 Å². The van der Waals surface area contributed by atoms with Gasteiger partial charge in [-0.2, -0.15) is 0 Å². The monoisotopic (exact) mass is 345 g/mol. The molecule has 0 aromatic heterocycles. The standard InChI is InChI=1S/C20H27NO4/c1-19(2)9-15-10-20(3,12-19)13-21(15)17(22)11-25-18(23)14-5-7-16(24-4)8-6-14/h5-8,15H,9-13H2,1-4H3/t15-,20-/m1/s1. The van der Waals surface area contributed by atoms with Crippen molar-refractivity contribution >= 4 is 11.9 Å². The minimum atomic E-state index is -0.482. The van der Waals surface area contributed by atoms with Crippen LogP contribution in [0, 0.1) is 10.8 Å². The first kappa shape index (κ1) is 17.8. The summed E-state index contributed by atoms with van der Waals surface area (Å²) in [7, 11) is 1.57. The van der Waals surface area contributed by atoms with Gasteiger partial charge in [-0.1, -0.05) is 20.8 Å². The predicted octanol–water partition coefficient (Wildman–Crippen LogP) is 3.28. The number of amides is 1. The topological polar surface area (TPSA) is 55.8 Å². The van der Waals surface area contributed by atoms with Crippen LogP contribution in [0.4, 0.5) is 0 Å². The average molecular weight is 345 g/mol. The van der Waals surface area contributed by atoms with Gasteiger partial charge in [0.2, 0.25) is 0 Å². The zero-order chi connectivity index (χ0) is 18.2. The summed E-state index contributed by atoms with van der Waals surface area (Å²) in [6.45, 7) is 7.37. The molecule has 1 aromatic carbocycles. The fourth-order valence-corrected chi connectivity index (χ4v) is 4.77. The second-order valence-electron chi connectivity index (χ2n) is 8.54. The van der Waals surface area contributed by atoms with E-state index in [0.717, 1.165) is 25.8 Å². The summed E-state index contributed by atoms with van der Waals surface area (Å²) < 4.78 is 10.3. The lowest BCUT2D eigenvalue weighted by molar-refractivity contribution is -0.135. The number of carbonyl (C=O) groups is 2. The highest BCUT2D eigenvalue weighted by atomic mass is 16.5. The van der Waals surface area contributed by atoms with Crippen molar-refractivity contribution in [3.05, 3.63) is 29.8 Å². The van der Waals surface area contributed by atoms with E-state index in [1.807, 2.05) is 4.90 Å². The molecule has 2 fully saturated rings. The molecule has 1 aliphatic carbocycles. The third-order valence-electron chi connectivity index (χ3n) is 5.39. The molecule has 1 heterocycles. The number of methoxy groups -OCH3 is 1. The van der Waals surface area contributed by atoms with Gasteiger partial charge in [0.15, 0.2) is 6.61 Å². The first-order valence-corrected chi connectivity index (χ1v) is 8.82. The molecule has 1 aliphatic heterocycles. The van der Waals surface area contributed by atoms with Gasteiger partial charge >= 0.3 is 5.97 Å². The molecule has 0 unspecified atom stereocenters. The lowest BCUT2D eigenvalue weighted by Crippen LogP contribution is -2.39. The molecule has 2 atom stereocenters. The molecule has 2 aliphatic rings. The van der Waals surface area contributed by atoms with Crippen LogP contribution < -0.4 is 4.74 Å². The van der Waals surface area contributed by atoms with Gasteiger partial charge in [0, 0.05) is 12.6 Å². The highest BCUT2D eigenvalue weighted by molar-refractivity contribution is 5.91. The van der Waals surface area contributed by atoms with Gasteiger partial charge in [-0.25, -0.2) is 4.79 Å². The molecule has 0 N–H and O–H groups in total. The molecule has 25 heavy (non-hydrogen) atoms. The van der Waals surface area contributed by atoms with E-state index in [9.17, 15) is 9.59 Å². The highest BCUT2D eigenvalue weighted by Crippen LogP contribution is 2.52. The van der Waals surface area contributed by atoms with E-state index >= 15 is 0 Å². The van der Waals surface area contributed by atoms with Gasteiger partial charge < -0.3 is 14.4 Å². The largest absolute Gasteiger partial charge is 0.497 e. The second-order valence-corrected chi connectivity index (χ2v) is 8.54. The van der Waals surface area contributed by atoms with Crippen molar-refractivity contribution in [2.24, 2.45) is 10.8 Å². The van der Waals surface area contributed by atoms with E-state index in [-0.39, 0.29) is 29.4 Å². The minimum absolute atomic E-state index is 0.0895. The number of benzene rings is 1. The summed E-state index contributed by atoms with van der Waals surface area (Å²) in [5, 5.41) is 0. The molecule has 1 amide bonds. The molecule has 1 aromatic rings. The maximum Gasteiger partial charge on any atom is 0.338 e. The number of ether oxygens (including phenoxy) is 2. The number of hydrogen-bond acceptors (Lipinski definition) is 4. The summed E-state index contributed by atoms with van der Waals surface area (Å²) in [6, 6.07) is 6.94. The molecular weight excluding hydrogens is 318 g/mol. The summed E-state index contributed by atoms with van der Waals surface area (Å²) in [4.78, 5) is 26.7. The van der Waals surface area contributed by atoms with Gasteiger partial charge in [-0.15, -0.1) is 0 Å². The van der Waals surface area contributed by atoms with Crippen molar-refractivity contribution in [2.75, 3.05) is 20.3 Å². The lowest BCUT2D eigenvalue weighted by atomic mass is 9.65. The Morgan fingerprint density at radius 3 is 2.48 bits per heavy atom. The Bertz CT molecular complexity index is 667. The van der Waals surface area contributed by atoms with Crippen LogP contribution in [-0.4, -0.2) is 43.1 Å². The van der Waals surface area contributed by atoms with E-state index < -0.39 is 5.97 Å². The van der Waals surface area contributed by atoms with E-state index in [1.165, 1.54) is 0 Å². The van der Waals surface area contributed by atoms with Crippen LogP contribution in [0.15, 0.2) is 24.3 Å². The van der Waals surface area contributed by atoms with Crippen LogP contribution in [0.2, 0.25) is 0 Å². The van der Waals surface area contributed by atoms with Gasteiger partial charge in [-0.3, -0.25) is 4.79 Å². The van der Waals surface area contributed by atoms with Crippen LogP contribution in [0.5, 0.6) is 5.75 Å². The van der Waals surface area contributed by atoms with E-state index in [1.54, 1.807) is 31.4 Å². The van der Waals surface area contributed by atoms with Crippen LogP contribution in [-0.2, 0) is 9.53 Å². The second kappa shape index (κ2) is 6.36. The van der Waals surface area contributed by atoms with Gasteiger partial charge in [0.25, 0.3) is 5.91 Å². The first-order valence-electron chi connectivity index (χ1n) is 8.82. The van der Waals surface area contributed by atoms with Crippen LogP contribution in [0.3, 0.4) is 0 Å². The maximum absolute atomic E-state index is 12.6. The van der Waals surface area contributed by atoms with Crippen LogP contribution in [0.25, 0.3) is 0 Å². The van der Waals surface area contributed by atoms with Crippen LogP contribution >= 0.6 is 0 Å². The maximum atomic E-state index is 12.6. The number of carbonyl (C=O) groups excluding carboxylic acids is 2. The number of nitrogens with zero attached hydrogens (tertiary/aromatic N) is 1. The zero-order valence-corrected chi connectivity index (χ0v) is 15.5. The lowest BCUT2D eigenvalue weighted by Gasteiger charge is -2.39. The third kappa shape index (κ3) is 3.80. The van der Waals surface area contributed by atoms with Crippen molar-refractivity contribution in [2.45, 2.75) is 46.1 Å². The minimum Gasteiger partial charge on any atom is -0.497 e. The van der Waals surface area contributed by atoms with Crippen LogP contribution in [0.1, 0.15) is 50.4 Å². The molecule has 5 heteroatoms. The van der Waals surface area contributed by atoms with E-state index in [4.69, 9.17) is 9.47 Å². The van der Waals surface area contributed by atoms with Gasteiger partial charge in [0.05, 0.1) is 12.7 Å². The first-order chi connectivity index (χ1) is 11.7. The third-order valence-corrected chi connectivity index (χ3v) is 5.39. The van der Waals surface area contributed by atoms with E-state index in [0.29, 0.717) is 11.3 Å². The Labute approximate surface area is 149 Å². The van der Waals surface area contributed by atoms with Crippen molar-refractivity contribution < 1.29 is 19.1 Å². The average Bonchev–Trinajstić information content (AvgIpc) is 2.81. The quantitative estimate of drug-likeness (QED) is 0.786. The molecule has 5 nitrogen and oxygen atoms in total. The normalized spacial score (nSPS) is 27.0. The summed E-state index contributed by atoms with van der Waals surface area (Å²) in [6.07, 6.45) is 3.20. The molecule has 2 bridgehead atoms. The van der Waals surface area contributed by atoms with Crippen molar-refractivity contribution in [1.29, 1.82) is 0 Å². The Morgan fingerprint density at radius 2 is 1.84 bits per heavy atom. The number of fused-ring (bicyclic) bond motifs is 2. The number of likely N-dealkylation sites (tertiary alicyclic amines) is 1. The fourth-order valence-electron chi connectivity index (χ4n) is 4.77. The van der Waals surface area contributed by atoms with Gasteiger partial charge in [-0.05, 0) is 54.4 Å². The van der Waals surface area contributed by atoms with Crippen molar-refractivity contribution in [3.8, 4) is 5.75 Å². The number of rotatable bonds is 4. The molecule has 0 spiro atoms. The smallest absolute Gasteiger partial charge is 0.338 e. The molecule has 1 saturated carbocycles. The number of hydrogen-bond donors (Lipinski definition) is 0. The Balaban J connectivity index is 1.58. The Kier molecular flexibility index (Phi) is 4.52. The Morgan fingerprint density at radius 1 is 1.16 bits per heavy atom. The van der Waals surface area contributed by atoms with Gasteiger partial charge in [0.1, 0.15) is 5.75 Å². The molecular formula is C20H27NO4. The molecule has 0 radical (unpaired) electrons. The highest BCUT2D eigenvalue weighted by Gasteiger charge is 2.50. The van der Waals surface area contributed by atoms with Crippen molar-refractivity contribution in [3.63, 3.8) is 0 Å². The zero-order valence-electron chi connectivity index (χ0n) is 15.5. The summed E-state index contributed by atoms with van der Waals surface area (Å²) >= 11 is 0. The number of esters is 1. The fraction of sp³-hybridized carbons (Fsp3) is 0.600. The predicted molar refractivity (Wildman–Crippen MR) is 94.5 cm³/mol. The Hall–Kier alpha value is -2.04. The summed E-state index contributed by atoms with van der Waals surface area (Å²) in [5.74, 6) is 0.103. The SMILES string of the molecule is COc1ccc(C(=O)OCC(=O)N2C[C@]3(C)C[C@H]2CC(C)(C)C3)cc1. The summed E-state index contributed by atoms with van der Waals surface area (Å²) in [5.41, 5.74) is 0.857. The molecule has 1 saturated heterocycles. The van der Waals surface area contributed by atoms with Crippen molar-refractivity contribution in [1.82, 2.24) is 4.90 Å². The molecule has 136 valence electrons.